The molecule has 4 heteroatoms. The van der Waals surface area contributed by atoms with E-state index in [-0.39, 0.29) is 0 Å². The second-order valence-electron chi connectivity index (χ2n) is 7.47. The van der Waals surface area contributed by atoms with Gasteiger partial charge >= 0.3 is 0 Å². The Morgan fingerprint density at radius 2 is 1.23 bits per heavy atom. The van der Waals surface area contributed by atoms with Gasteiger partial charge in [0.1, 0.15) is 0 Å². The quantitative estimate of drug-likeness (QED) is 0.294. The molecule has 4 aromatic carbocycles. The standard InChI is InChI=1S/C26H15N3S/c1-2-9-17-16(8-1)22-18-10-3-5-12-20(18)29(26-27-14-7-15-28-26)24(22)25-23(17)19-11-4-6-13-21(19)30-25/h1-15H. The van der Waals surface area contributed by atoms with Gasteiger partial charge in [0, 0.05) is 38.6 Å². The zero-order valence-corrected chi connectivity index (χ0v) is 16.7. The molecule has 7 rings (SSSR count). The van der Waals surface area contributed by atoms with Crippen molar-refractivity contribution in [2.24, 2.45) is 0 Å². The van der Waals surface area contributed by atoms with E-state index in [1.165, 1.54) is 47.2 Å². The Bertz CT molecular complexity index is 1740. The third-order valence-corrected chi connectivity index (χ3v) is 7.08. The minimum atomic E-state index is 0.706. The molecule has 3 aromatic heterocycles. The zero-order chi connectivity index (χ0) is 19.7. The van der Waals surface area contributed by atoms with Crippen LogP contribution >= 0.6 is 11.3 Å². The largest absolute Gasteiger partial charge is 0.276 e. The SMILES string of the molecule is c1cnc(-n2c3ccccc3c3c4ccccc4c4c5ccccc5sc4c32)nc1. The molecule has 0 amide bonds. The number of benzene rings is 4. The van der Waals surface area contributed by atoms with Crippen molar-refractivity contribution in [2.45, 2.75) is 0 Å². The summed E-state index contributed by atoms with van der Waals surface area (Å²) in [4.78, 5) is 9.24. The summed E-state index contributed by atoms with van der Waals surface area (Å²) in [5.74, 6) is 0.706. The van der Waals surface area contributed by atoms with Crippen molar-refractivity contribution in [1.82, 2.24) is 14.5 Å². The molecule has 0 saturated carbocycles. The second-order valence-corrected chi connectivity index (χ2v) is 8.53. The first-order valence-corrected chi connectivity index (χ1v) is 10.8. The molecule has 3 heterocycles. The number of fused-ring (bicyclic) bond motifs is 10. The molecule has 140 valence electrons. The smallest absolute Gasteiger partial charge is 0.234 e. The van der Waals surface area contributed by atoms with E-state index < -0.39 is 0 Å². The Hall–Kier alpha value is -3.76. The first kappa shape index (κ1) is 16.1. The van der Waals surface area contributed by atoms with E-state index in [1.54, 1.807) is 0 Å². The highest BCUT2D eigenvalue weighted by atomic mass is 32.1. The van der Waals surface area contributed by atoms with E-state index in [9.17, 15) is 0 Å². The molecular formula is C26H15N3S. The summed E-state index contributed by atoms with van der Waals surface area (Å²) >= 11 is 1.85. The lowest BCUT2D eigenvalue weighted by molar-refractivity contribution is 0.991. The van der Waals surface area contributed by atoms with E-state index in [0.29, 0.717) is 5.95 Å². The van der Waals surface area contributed by atoms with E-state index in [1.807, 2.05) is 29.8 Å². The highest BCUT2D eigenvalue weighted by molar-refractivity contribution is 7.27. The van der Waals surface area contributed by atoms with Crippen molar-refractivity contribution in [1.29, 1.82) is 0 Å². The average molecular weight is 401 g/mol. The van der Waals surface area contributed by atoms with Crippen LogP contribution in [0.4, 0.5) is 0 Å². The highest BCUT2D eigenvalue weighted by Crippen LogP contribution is 2.47. The molecule has 0 spiro atoms. The minimum absolute atomic E-state index is 0.706. The first-order chi connectivity index (χ1) is 14.9. The summed E-state index contributed by atoms with van der Waals surface area (Å²) in [6.07, 6.45) is 3.62. The van der Waals surface area contributed by atoms with Gasteiger partial charge in [-0.3, -0.25) is 4.57 Å². The molecule has 0 aliphatic heterocycles. The van der Waals surface area contributed by atoms with E-state index >= 15 is 0 Å². The monoisotopic (exact) mass is 401 g/mol. The van der Waals surface area contributed by atoms with Crippen LogP contribution in [0.15, 0.2) is 91.3 Å². The fraction of sp³-hybridized carbons (Fsp3) is 0. The molecule has 0 fully saturated rings. The maximum Gasteiger partial charge on any atom is 0.234 e. The average Bonchev–Trinajstić information content (AvgIpc) is 3.36. The van der Waals surface area contributed by atoms with Crippen molar-refractivity contribution < 1.29 is 0 Å². The number of hydrogen-bond donors (Lipinski definition) is 0. The van der Waals surface area contributed by atoms with Crippen molar-refractivity contribution in [3.05, 3.63) is 91.3 Å². The molecule has 0 atom stereocenters. The van der Waals surface area contributed by atoms with Crippen LogP contribution in [0.3, 0.4) is 0 Å². The van der Waals surface area contributed by atoms with Crippen LogP contribution in [0.25, 0.3) is 58.7 Å². The van der Waals surface area contributed by atoms with Crippen LogP contribution in [-0.4, -0.2) is 14.5 Å². The number of nitrogens with zero attached hydrogens (tertiary/aromatic N) is 3. The lowest BCUT2D eigenvalue weighted by atomic mass is 9.99. The molecule has 0 bridgehead atoms. The van der Waals surface area contributed by atoms with Crippen molar-refractivity contribution >= 4 is 64.1 Å². The Labute approximate surface area is 175 Å². The van der Waals surface area contributed by atoms with Crippen LogP contribution in [0.1, 0.15) is 0 Å². The Balaban J connectivity index is 1.89. The molecule has 0 aliphatic carbocycles. The summed E-state index contributed by atoms with van der Waals surface area (Å²) in [6.45, 7) is 0. The van der Waals surface area contributed by atoms with E-state index in [0.717, 1.165) is 5.52 Å². The van der Waals surface area contributed by atoms with E-state index in [2.05, 4.69) is 87.3 Å². The third kappa shape index (κ3) is 1.98. The number of aromatic nitrogens is 3. The molecule has 3 nitrogen and oxygen atoms in total. The van der Waals surface area contributed by atoms with Crippen molar-refractivity contribution in [3.63, 3.8) is 0 Å². The Kier molecular flexibility index (Phi) is 3.15. The number of para-hydroxylation sites is 1. The maximum absolute atomic E-state index is 4.62. The first-order valence-electron chi connectivity index (χ1n) is 9.94. The molecule has 0 N–H and O–H groups in total. The normalized spacial score (nSPS) is 12.0. The molecule has 0 saturated heterocycles. The van der Waals surface area contributed by atoms with Crippen molar-refractivity contribution in [3.8, 4) is 5.95 Å². The fourth-order valence-corrected chi connectivity index (χ4v) is 6.00. The van der Waals surface area contributed by atoms with Gasteiger partial charge in [0.05, 0.1) is 15.7 Å². The second kappa shape index (κ2) is 5.88. The topological polar surface area (TPSA) is 30.7 Å². The molecule has 30 heavy (non-hydrogen) atoms. The summed E-state index contributed by atoms with van der Waals surface area (Å²) in [6, 6.07) is 27.9. The summed E-state index contributed by atoms with van der Waals surface area (Å²) in [5.41, 5.74) is 2.33. The molecular weight excluding hydrogens is 386 g/mol. The molecule has 0 unspecified atom stereocenters. The van der Waals surface area contributed by atoms with Gasteiger partial charge in [-0.1, -0.05) is 60.7 Å². The van der Waals surface area contributed by atoms with Gasteiger partial charge in [-0.15, -0.1) is 11.3 Å². The van der Waals surface area contributed by atoms with Gasteiger partial charge in [-0.2, -0.15) is 0 Å². The van der Waals surface area contributed by atoms with Gasteiger partial charge < -0.3 is 0 Å². The molecule has 0 radical (unpaired) electrons. The third-order valence-electron chi connectivity index (χ3n) is 5.90. The van der Waals surface area contributed by atoms with Crippen LogP contribution in [0.5, 0.6) is 0 Å². The van der Waals surface area contributed by atoms with Gasteiger partial charge in [0.25, 0.3) is 0 Å². The lowest BCUT2D eigenvalue weighted by Crippen LogP contribution is -1.99. The lowest BCUT2D eigenvalue weighted by Gasteiger charge is -2.08. The zero-order valence-electron chi connectivity index (χ0n) is 15.9. The summed E-state index contributed by atoms with van der Waals surface area (Å²) in [7, 11) is 0. The number of rotatable bonds is 1. The molecule has 7 aromatic rings. The maximum atomic E-state index is 4.62. The highest BCUT2D eigenvalue weighted by Gasteiger charge is 2.21. The Morgan fingerprint density at radius 3 is 2.03 bits per heavy atom. The van der Waals surface area contributed by atoms with Crippen LogP contribution in [0.2, 0.25) is 0 Å². The summed E-state index contributed by atoms with van der Waals surface area (Å²) < 4.78 is 4.82. The van der Waals surface area contributed by atoms with Crippen LogP contribution in [0, 0.1) is 0 Å². The van der Waals surface area contributed by atoms with Gasteiger partial charge in [0.15, 0.2) is 0 Å². The molecule has 0 aliphatic rings. The van der Waals surface area contributed by atoms with Crippen molar-refractivity contribution in [2.75, 3.05) is 0 Å². The van der Waals surface area contributed by atoms with E-state index in [4.69, 9.17) is 0 Å². The predicted octanol–water partition coefficient (Wildman–Crippen LogP) is 7.09. The fourth-order valence-electron chi connectivity index (χ4n) is 4.74. The van der Waals surface area contributed by atoms with Gasteiger partial charge in [0.2, 0.25) is 5.95 Å². The van der Waals surface area contributed by atoms with Crippen LogP contribution in [-0.2, 0) is 0 Å². The van der Waals surface area contributed by atoms with Crippen LogP contribution < -0.4 is 0 Å². The number of hydrogen-bond acceptors (Lipinski definition) is 3. The Morgan fingerprint density at radius 1 is 0.600 bits per heavy atom. The van der Waals surface area contributed by atoms with Gasteiger partial charge in [-0.05, 0) is 29.0 Å². The number of thiophene rings is 1. The predicted molar refractivity (Wildman–Crippen MR) is 127 cm³/mol. The summed E-state index contributed by atoms with van der Waals surface area (Å²) in [5, 5.41) is 7.70. The van der Waals surface area contributed by atoms with Gasteiger partial charge in [-0.25, -0.2) is 9.97 Å². The minimum Gasteiger partial charge on any atom is -0.276 e.